The number of amides is 1. The fourth-order valence-corrected chi connectivity index (χ4v) is 4.93. The van der Waals surface area contributed by atoms with Crippen LogP contribution in [-0.2, 0) is 14.3 Å². The molecule has 2 fully saturated rings. The molecule has 5 rings (SSSR count). The number of hydrogen-bond acceptors (Lipinski definition) is 6. The molecule has 1 amide bonds. The summed E-state index contributed by atoms with van der Waals surface area (Å²) in [5.74, 6) is 0.673. The van der Waals surface area contributed by atoms with E-state index in [1.807, 2.05) is 24.0 Å². The van der Waals surface area contributed by atoms with Crippen molar-refractivity contribution in [1.29, 1.82) is 0 Å². The molecule has 2 N–H and O–H groups in total. The van der Waals surface area contributed by atoms with Gasteiger partial charge >= 0.3 is 0 Å². The summed E-state index contributed by atoms with van der Waals surface area (Å²) in [7, 11) is 0. The molecule has 0 bridgehead atoms. The van der Waals surface area contributed by atoms with E-state index >= 15 is 0 Å². The molecule has 1 aromatic carbocycles. The van der Waals surface area contributed by atoms with Gasteiger partial charge in [-0.1, -0.05) is 0 Å². The molecule has 8 nitrogen and oxygen atoms in total. The smallest absolute Gasteiger partial charge is 0.233 e. The van der Waals surface area contributed by atoms with Gasteiger partial charge in [-0.2, -0.15) is 0 Å². The first-order chi connectivity index (χ1) is 17.5. The van der Waals surface area contributed by atoms with E-state index in [-0.39, 0.29) is 31.5 Å². The van der Waals surface area contributed by atoms with Crippen molar-refractivity contribution in [2.24, 2.45) is 11.3 Å². The molecule has 0 radical (unpaired) electrons. The highest BCUT2D eigenvalue weighted by molar-refractivity contribution is 5.83. The number of nitrogens with zero attached hydrogens (tertiary/aromatic N) is 3. The van der Waals surface area contributed by atoms with Gasteiger partial charge in [0.25, 0.3) is 0 Å². The zero-order valence-electron chi connectivity index (χ0n) is 20.3. The lowest BCUT2D eigenvalue weighted by Crippen LogP contribution is -2.52. The third kappa shape index (κ3) is 5.04. The van der Waals surface area contributed by atoms with Crippen molar-refractivity contribution >= 4 is 5.91 Å². The van der Waals surface area contributed by atoms with Crippen molar-refractivity contribution in [2.45, 2.75) is 32.5 Å². The minimum absolute atomic E-state index is 0.0346. The van der Waals surface area contributed by atoms with E-state index in [1.54, 1.807) is 24.5 Å². The van der Waals surface area contributed by atoms with E-state index in [0.717, 1.165) is 36.1 Å². The molecule has 2 saturated heterocycles. The molecule has 0 aliphatic carbocycles. The fraction of sp³-hybridized carbons (Fsp3) is 0.444. The maximum absolute atomic E-state index is 13.5. The Kier molecular flexibility index (Phi) is 7.13. The Morgan fingerprint density at radius 2 is 1.78 bits per heavy atom. The molecular weight excluding hydrogens is 463 g/mol. The van der Waals surface area contributed by atoms with Crippen molar-refractivity contribution in [3.05, 3.63) is 60.4 Å². The van der Waals surface area contributed by atoms with Gasteiger partial charge in [0.05, 0.1) is 30.0 Å². The van der Waals surface area contributed by atoms with E-state index in [0.29, 0.717) is 30.5 Å². The number of imidazole rings is 1. The molecule has 0 spiro atoms. The molecule has 3 aromatic rings. The van der Waals surface area contributed by atoms with Gasteiger partial charge in [-0.25, -0.2) is 9.37 Å². The van der Waals surface area contributed by atoms with Crippen LogP contribution in [0.1, 0.15) is 38.3 Å². The van der Waals surface area contributed by atoms with Crippen LogP contribution in [0.5, 0.6) is 0 Å². The standard InChI is InChI=1S/C27H31FN4O4/c1-27(26(34)32-13-8-18(9-14-32)10-15-33)16-35-25(36-17-27)24-30-22(19-2-4-21(28)5-3-19)23(31-24)20-6-11-29-12-7-20/h2-7,11-12,18,25,33H,8-10,13-17H2,1H3,(H,30,31). The highest BCUT2D eigenvalue weighted by Gasteiger charge is 2.43. The Labute approximate surface area is 209 Å². The summed E-state index contributed by atoms with van der Waals surface area (Å²) < 4.78 is 25.6. The Hall–Kier alpha value is -3.14. The number of halogens is 1. The summed E-state index contributed by atoms with van der Waals surface area (Å²) in [6.07, 6.45) is 5.24. The van der Waals surface area contributed by atoms with Gasteiger partial charge in [-0.3, -0.25) is 9.78 Å². The number of likely N-dealkylation sites (tertiary alicyclic amines) is 1. The van der Waals surface area contributed by atoms with Crippen LogP contribution in [0, 0.1) is 17.2 Å². The van der Waals surface area contributed by atoms with E-state index in [1.165, 1.54) is 12.1 Å². The van der Waals surface area contributed by atoms with Crippen LogP contribution in [0.4, 0.5) is 4.39 Å². The molecule has 36 heavy (non-hydrogen) atoms. The number of pyridine rings is 1. The van der Waals surface area contributed by atoms with Gasteiger partial charge in [0.15, 0.2) is 5.82 Å². The van der Waals surface area contributed by atoms with Gasteiger partial charge in [0, 0.05) is 43.2 Å². The number of H-pyrrole nitrogens is 1. The number of ether oxygens (including phenoxy) is 2. The predicted molar refractivity (Wildman–Crippen MR) is 131 cm³/mol. The van der Waals surface area contributed by atoms with E-state index in [2.05, 4.69) is 9.97 Å². The van der Waals surface area contributed by atoms with Crippen LogP contribution < -0.4 is 0 Å². The summed E-state index contributed by atoms with van der Waals surface area (Å²) in [5.41, 5.74) is 2.26. The molecule has 2 aromatic heterocycles. The lowest BCUT2D eigenvalue weighted by molar-refractivity contribution is -0.234. The van der Waals surface area contributed by atoms with Crippen LogP contribution in [0.3, 0.4) is 0 Å². The summed E-state index contributed by atoms with van der Waals surface area (Å²) in [5, 5.41) is 9.18. The van der Waals surface area contributed by atoms with E-state index in [4.69, 9.17) is 14.5 Å². The quantitative estimate of drug-likeness (QED) is 0.538. The van der Waals surface area contributed by atoms with Crippen LogP contribution in [0.25, 0.3) is 22.5 Å². The normalized spacial score (nSPS) is 23.1. The number of hydrogen-bond donors (Lipinski definition) is 2. The predicted octanol–water partition coefficient (Wildman–Crippen LogP) is 3.95. The molecule has 4 heterocycles. The second-order valence-electron chi connectivity index (χ2n) is 9.85. The van der Waals surface area contributed by atoms with Crippen molar-refractivity contribution in [1.82, 2.24) is 19.9 Å². The zero-order valence-corrected chi connectivity index (χ0v) is 20.3. The second-order valence-corrected chi connectivity index (χ2v) is 9.85. The molecule has 0 saturated carbocycles. The summed E-state index contributed by atoms with van der Waals surface area (Å²) in [6, 6.07) is 9.90. The average Bonchev–Trinajstić information content (AvgIpc) is 3.36. The number of aliphatic hydroxyl groups is 1. The number of rotatable bonds is 6. The molecule has 2 aliphatic rings. The minimum atomic E-state index is -0.777. The van der Waals surface area contributed by atoms with Gasteiger partial charge in [0.2, 0.25) is 12.2 Å². The number of benzene rings is 1. The van der Waals surface area contributed by atoms with Crippen molar-refractivity contribution < 1.29 is 23.8 Å². The third-order valence-electron chi connectivity index (χ3n) is 7.09. The SMILES string of the molecule is CC1(C(=O)N2CCC(CCO)CC2)COC(c2nc(-c3ccc(F)cc3)c(-c3ccncc3)[nH]2)OC1. The van der Waals surface area contributed by atoms with Crippen LogP contribution in [0.15, 0.2) is 48.8 Å². The van der Waals surface area contributed by atoms with Crippen molar-refractivity contribution in [2.75, 3.05) is 32.9 Å². The summed E-state index contributed by atoms with van der Waals surface area (Å²) in [6.45, 7) is 3.88. The third-order valence-corrected chi connectivity index (χ3v) is 7.09. The Bertz CT molecular complexity index is 1170. The van der Waals surface area contributed by atoms with E-state index < -0.39 is 11.7 Å². The average molecular weight is 495 g/mol. The van der Waals surface area contributed by atoms with Crippen molar-refractivity contribution in [3.63, 3.8) is 0 Å². The number of aromatic nitrogens is 3. The topological polar surface area (TPSA) is 101 Å². The summed E-state index contributed by atoms with van der Waals surface area (Å²) in [4.78, 5) is 27.3. The first-order valence-corrected chi connectivity index (χ1v) is 12.4. The van der Waals surface area contributed by atoms with Crippen LogP contribution in [0.2, 0.25) is 0 Å². The number of carbonyl (C=O) groups is 1. The number of aliphatic hydroxyl groups excluding tert-OH is 1. The Balaban J connectivity index is 1.31. The van der Waals surface area contributed by atoms with Crippen LogP contribution >= 0.6 is 0 Å². The number of piperidine rings is 1. The number of nitrogens with one attached hydrogen (secondary N) is 1. The van der Waals surface area contributed by atoms with Gasteiger partial charge in [-0.15, -0.1) is 0 Å². The number of carbonyl (C=O) groups excluding carboxylic acids is 1. The fourth-order valence-electron chi connectivity index (χ4n) is 4.93. The second kappa shape index (κ2) is 10.5. The number of aromatic amines is 1. The van der Waals surface area contributed by atoms with Gasteiger partial charge in [0.1, 0.15) is 5.82 Å². The highest BCUT2D eigenvalue weighted by atomic mass is 19.1. The van der Waals surface area contributed by atoms with Crippen LogP contribution in [-0.4, -0.2) is 63.8 Å². The summed E-state index contributed by atoms with van der Waals surface area (Å²) >= 11 is 0. The maximum Gasteiger partial charge on any atom is 0.233 e. The molecule has 190 valence electrons. The van der Waals surface area contributed by atoms with Crippen molar-refractivity contribution in [3.8, 4) is 22.5 Å². The zero-order chi connectivity index (χ0) is 25.1. The maximum atomic E-state index is 13.5. The first kappa shape index (κ1) is 24.5. The highest BCUT2D eigenvalue weighted by Crippen LogP contribution is 2.37. The molecule has 0 unspecified atom stereocenters. The largest absolute Gasteiger partial charge is 0.396 e. The minimum Gasteiger partial charge on any atom is -0.396 e. The molecule has 9 heteroatoms. The molecule has 2 aliphatic heterocycles. The lowest BCUT2D eigenvalue weighted by atomic mass is 9.87. The molecule has 0 atom stereocenters. The monoisotopic (exact) mass is 494 g/mol. The van der Waals surface area contributed by atoms with E-state index in [9.17, 15) is 14.3 Å². The Morgan fingerprint density at radius 1 is 1.11 bits per heavy atom. The van der Waals surface area contributed by atoms with Gasteiger partial charge in [-0.05, 0) is 68.5 Å². The lowest BCUT2D eigenvalue weighted by Gasteiger charge is -2.41. The van der Waals surface area contributed by atoms with Gasteiger partial charge < -0.3 is 24.5 Å². The Morgan fingerprint density at radius 3 is 2.42 bits per heavy atom. The molecular formula is C27H31FN4O4. The first-order valence-electron chi connectivity index (χ1n) is 12.4.